The minimum absolute atomic E-state index is 0.0458. The second kappa shape index (κ2) is 8.23. The standard InChI is InChI=1S/C24H27ClN2O3S/c25-21-12-8-18(16-23(21)31(29,30)26-14-4-1-5-15-26)24(28)27(19-10-11-19)22-13-9-17-6-2-3-7-20(17)22/h2-3,6-8,12,16,19,22H,1,4-5,9-11,13-15H2. The van der Waals surface area contributed by atoms with Gasteiger partial charge in [0.2, 0.25) is 10.0 Å². The fraction of sp³-hybridized carbons (Fsp3) is 0.458. The van der Waals surface area contributed by atoms with Crippen molar-refractivity contribution in [3.63, 3.8) is 0 Å². The second-order valence-corrected chi connectivity index (χ2v) is 11.1. The Morgan fingerprint density at radius 2 is 1.74 bits per heavy atom. The fourth-order valence-electron chi connectivity index (χ4n) is 4.97. The SMILES string of the molecule is O=C(c1ccc(Cl)c(S(=O)(=O)N2CCCCC2)c1)N(C1CC1)C1CCc2ccccc21. The largest absolute Gasteiger partial charge is 0.329 e. The summed E-state index contributed by atoms with van der Waals surface area (Å²) in [6.45, 7) is 1.01. The molecule has 1 saturated carbocycles. The predicted molar refractivity (Wildman–Crippen MR) is 121 cm³/mol. The Kier molecular flexibility index (Phi) is 5.57. The molecule has 2 aromatic carbocycles. The third kappa shape index (κ3) is 3.90. The normalized spacial score (nSPS) is 21.6. The van der Waals surface area contributed by atoms with Gasteiger partial charge in [-0.05, 0) is 67.9 Å². The van der Waals surface area contributed by atoms with Crippen LogP contribution in [-0.2, 0) is 16.4 Å². The summed E-state index contributed by atoms with van der Waals surface area (Å²) in [6, 6.07) is 13.3. The Morgan fingerprint density at radius 1 is 1.00 bits per heavy atom. The van der Waals surface area contributed by atoms with E-state index in [4.69, 9.17) is 11.6 Å². The van der Waals surface area contributed by atoms with Crippen LogP contribution in [0.5, 0.6) is 0 Å². The van der Waals surface area contributed by atoms with Crippen LogP contribution >= 0.6 is 11.6 Å². The molecule has 1 heterocycles. The Balaban J connectivity index is 1.48. The summed E-state index contributed by atoms with van der Waals surface area (Å²) in [5.74, 6) is -0.101. The van der Waals surface area contributed by atoms with E-state index in [2.05, 4.69) is 12.1 Å². The van der Waals surface area contributed by atoms with E-state index in [0.29, 0.717) is 18.7 Å². The lowest BCUT2D eigenvalue weighted by Crippen LogP contribution is -2.37. The highest BCUT2D eigenvalue weighted by molar-refractivity contribution is 7.89. The molecule has 0 aromatic heterocycles. The lowest BCUT2D eigenvalue weighted by Gasteiger charge is -2.30. The van der Waals surface area contributed by atoms with Gasteiger partial charge in [-0.2, -0.15) is 4.31 Å². The molecule has 1 aliphatic heterocycles. The lowest BCUT2D eigenvalue weighted by molar-refractivity contribution is 0.0658. The smallest absolute Gasteiger partial charge is 0.254 e. The fourth-order valence-corrected chi connectivity index (χ4v) is 6.98. The summed E-state index contributed by atoms with van der Waals surface area (Å²) in [6.07, 6.45) is 6.62. The van der Waals surface area contributed by atoms with Crippen LogP contribution in [0.15, 0.2) is 47.4 Å². The van der Waals surface area contributed by atoms with Gasteiger partial charge in [0, 0.05) is 24.7 Å². The van der Waals surface area contributed by atoms with Gasteiger partial charge < -0.3 is 4.90 Å². The van der Waals surface area contributed by atoms with Crippen LogP contribution in [0.1, 0.15) is 66.1 Å². The molecule has 0 N–H and O–H groups in total. The van der Waals surface area contributed by atoms with Crippen LogP contribution in [0.25, 0.3) is 0 Å². The first-order valence-electron chi connectivity index (χ1n) is 11.2. The van der Waals surface area contributed by atoms with Gasteiger partial charge >= 0.3 is 0 Å². The molecule has 0 bridgehead atoms. The summed E-state index contributed by atoms with van der Waals surface area (Å²) in [4.78, 5) is 15.7. The molecule has 0 spiro atoms. The van der Waals surface area contributed by atoms with E-state index in [1.54, 1.807) is 12.1 Å². The number of hydrogen-bond acceptors (Lipinski definition) is 3. The van der Waals surface area contributed by atoms with Crippen molar-refractivity contribution in [2.75, 3.05) is 13.1 Å². The highest BCUT2D eigenvalue weighted by atomic mass is 35.5. The highest BCUT2D eigenvalue weighted by Crippen LogP contribution is 2.43. The number of hydrogen-bond donors (Lipinski definition) is 0. The molecule has 1 saturated heterocycles. The Bertz CT molecular complexity index is 1110. The molecule has 5 rings (SSSR count). The summed E-state index contributed by atoms with van der Waals surface area (Å²) >= 11 is 6.32. The van der Waals surface area contributed by atoms with Crippen molar-refractivity contribution in [2.24, 2.45) is 0 Å². The van der Waals surface area contributed by atoms with Gasteiger partial charge in [-0.25, -0.2) is 8.42 Å². The molecule has 2 fully saturated rings. The van der Waals surface area contributed by atoms with Crippen LogP contribution < -0.4 is 0 Å². The van der Waals surface area contributed by atoms with Crippen molar-refractivity contribution in [2.45, 2.75) is 61.9 Å². The van der Waals surface area contributed by atoms with Crippen molar-refractivity contribution < 1.29 is 13.2 Å². The minimum atomic E-state index is -3.72. The van der Waals surface area contributed by atoms with Crippen molar-refractivity contribution in [3.05, 3.63) is 64.2 Å². The maximum absolute atomic E-state index is 13.7. The Labute approximate surface area is 189 Å². The molecule has 2 aliphatic carbocycles. The maximum atomic E-state index is 13.7. The highest BCUT2D eigenvalue weighted by Gasteiger charge is 2.41. The van der Waals surface area contributed by atoms with Gasteiger partial charge in [-0.1, -0.05) is 42.3 Å². The third-order valence-corrected chi connectivity index (χ3v) is 9.10. The number of carbonyl (C=O) groups excluding carboxylic acids is 1. The Morgan fingerprint density at radius 3 is 2.48 bits per heavy atom. The molecule has 7 heteroatoms. The van der Waals surface area contributed by atoms with Gasteiger partial charge in [-0.3, -0.25) is 4.79 Å². The monoisotopic (exact) mass is 458 g/mol. The number of nitrogens with zero attached hydrogens (tertiary/aromatic N) is 2. The number of fused-ring (bicyclic) bond motifs is 1. The van der Waals surface area contributed by atoms with E-state index in [1.807, 2.05) is 17.0 Å². The van der Waals surface area contributed by atoms with Crippen molar-refractivity contribution in [1.29, 1.82) is 0 Å². The number of carbonyl (C=O) groups is 1. The van der Waals surface area contributed by atoms with E-state index in [0.717, 1.165) is 44.9 Å². The lowest BCUT2D eigenvalue weighted by atomic mass is 10.1. The third-order valence-electron chi connectivity index (χ3n) is 6.72. The van der Waals surface area contributed by atoms with Crippen LogP contribution in [0, 0.1) is 0 Å². The Hall–Kier alpha value is -1.89. The molecule has 0 radical (unpaired) electrons. The molecule has 2 aromatic rings. The minimum Gasteiger partial charge on any atom is -0.329 e. The number of halogens is 1. The van der Waals surface area contributed by atoms with Gasteiger partial charge in [0.05, 0.1) is 11.1 Å². The molecule has 1 atom stereocenters. The first-order chi connectivity index (χ1) is 15.0. The number of sulfonamides is 1. The molecular weight excluding hydrogens is 432 g/mol. The average molecular weight is 459 g/mol. The quantitative estimate of drug-likeness (QED) is 0.646. The molecule has 1 amide bonds. The number of piperidine rings is 1. The summed E-state index contributed by atoms with van der Waals surface area (Å²) in [7, 11) is -3.72. The first-order valence-corrected chi connectivity index (χ1v) is 13.0. The van der Waals surface area contributed by atoms with Gasteiger partial charge in [-0.15, -0.1) is 0 Å². The number of aryl methyl sites for hydroxylation is 1. The number of benzene rings is 2. The summed E-state index contributed by atoms with van der Waals surface area (Å²) < 4.78 is 28.0. The molecule has 164 valence electrons. The second-order valence-electron chi connectivity index (χ2n) is 8.81. The topological polar surface area (TPSA) is 57.7 Å². The van der Waals surface area contributed by atoms with Crippen molar-refractivity contribution in [1.82, 2.24) is 9.21 Å². The van der Waals surface area contributed by atoms with E-state index >= 15 is 0 Å². The average Bonchev–Trinajstić information content (AvgIpc) is 3.54. The van der Waals surface area contributed by atoms with Gasteiger partial charge in [0.1, 0.15) is 4.90 Å². The summed E-state index contributed by atoms with van der Waals surface area (Å²) in [5, 5.41) is 0.173. The molecule has 5 nitrogen and oxygen atoms in total. The molecule has 1 unspecified atom stereocenters. The zero-order valence-electron chi connectivity index (χ0n) is 17.5. The molecular formula is C24H27ClN2O3S. The predicted octanol–water partition coefficient (Wildman–Crippen LogP) is 4.81. The van der Waals surface area contributed by atoms with Gasteiger partial charge in [0.25, 0.3) is 5.91 Å². The van der Waals surface area contributed by atoms with Gasteiger partial charge in [0.15, 0.2) is 0 Å². The number of rotatable bonds is 5. The van der Waals surface area contributed by atoms with Crippen LogP contribution in [0.3, 0.4) is 0 Å². The van der Waals surface area contributed by atoms with Crippen molar-refractivity contribution >= 4 is 27.5 Å². The zero-order valence-corrected chi connectivity index (χ0v) is 19.0. The van der Waals surface area contributed by atoms with Crippen molar-refractivity contribution in [3.8, 4) is 0 Å². The molecule has 3 aliphatic rings. The van der Waals surface area contributed by atoms with E-state index in [-0.39, 0.29) is 27.9 Å². The zero-order chi connectivity index (χ0) is 21.6. The van der Waals surface area contributed by atoms with Crippen LogP contribution in [0.4, 0.5) is 0 Å². The first kappa shape index (κ1) is 21.0. The molecule has 31 heavy (non-hydrogen) atoms. The van der Waals surface area contributed by atoms with E-state index in [1.165, 1.54) is 21.5 Å². The van der Waals surface area contributed by atoms with E-state index in [9.17, 15) is 13.2 Å². The summed E-state index contributed by atoms with van der Waals surface area (Å²) in [5.41, 5.74) is 2.92. The van der Waals surface area contributed by atoms with Crippen LogP contribution in [0.2, 0.25) is 5.02 Å². The van der Waals surface area contributed by atoms with E-state index < -0.39 is 10.0 Å². The number of amides is 1. The van der Waals surface area contributed by atoms with Crippen LogP contribution in [-0.4, -0.2) is 42.7 Å². The maximum Gasteiger partial charge on any atom is 0.254 e.